The molecule has 1 rings (SSSR count). The predicted molar refractivity (Wildman–Crippen MR) is 156 cm³/mol. The van der Waals surface area contributed by atoms with Crippen molar-refractivity contribution in [2.75, 3.05) is 13.1 Å². The number of likely N-dealkylation sites (tertiary alicyclic amines) is 1. The molecular formula is C33H65NO. The molecule has 0 N–H and O–H groups in total. The van der Waals surface area contributed by atoms with Crippen LogP contribution in [-0.4, -0.2) is 23.9 Å². The second kappa shape index (κ2) is 25.1. The minimum atomic E-state index is 0.409. The summed E-state index contributed by atoms with van der Waals surface area (Å²) < 4.78 is 0. The first-order valence-corrected chi connectivity index (χ1v) is 16.5. The Hall–Kier alpha value is -0.530. The Balaban J connectivity index is 1.65. The summed E-state index contributed by atoms with van der Waals surface area (Å²) in [4.78, 5) is 14.1. The maximum atomic E-state index is 12.0. The molecule has 1 saturated heterocycles. The van der Waals surface area contributed by atoms with Crippen LogP contribution >= 0.6 is 0 Å². The number of unbranched alkanes of at least 4 members (excludes halogenated alkanes) is 21. The van der Waals surface area contributed by atoms with Crippen molar-refractivity contribution in [3.63, 3.8) is 0 Å². The van der Waals surface area contributed by atoms with E-state index in [0.29, 0.717) is 5.91 Å². The summed E-state index contributed by atoms with van der Waals surface area (Å²) >= 11 is 0. The Kier molecular flexibility index (Phi) is 23.3. The molecule has 0 aromatic heterocycles. The van der Waals surface area contributed by atoms with E-state index in [1.807, 2.05) is 0 Å². The Morgan fingerprint density at radius 1 is 0.543 bits per heavy atom. The molecule has 0 spiro atoms. The molecule has 2 heteroatoms. The molecule has 2 nitrogen and oxygen atoms in total. The third-order valence-electron chi connectivity index (χ3n) is 8.49. The summed E-state index contributed by atoms with van der Waals surface area (Å²) in [6, 6.07) is 0. The highest BCUT2D eigenvalue weighted by Crippen LogP contribution is 2.17. The molecule has 1 heterocycles. The molecular weight excluding hydrogens is 426 g/mol. The zero-order chi connectivity index (χ0) is 25.2. The molecule has 0 saturated carbocycles. The fraction of sp³-hybridized carbons (Fsp3) is 0.970. The number of rotatable bonds is 26. The van der Waals surface area contributed by atoms with Crippen LogP contribution in [-0.2, 0) is 4.79 Å². The summed E-state index contributed by atoms with van der Waals surface area (Å²) in [5.41, 5.74) is 0. The molecule has 0 aromatic rings. The lowest BCUT2D eigenvalue weighted by Gasteiger charge is -2.14. The van der Waals surface area contributed by atoms with Crippen molar-refractivity contribution in [1.29, 1.82) is 0 Å². The molecule has 1 amide bonds. The van der Waals surface area contributed by atoms with E-state index < -0.39 is 0 Å². The van der Waals surface area contributed by atoms with Crippen LogP contribution in [0, 0.1) is 5.92 Å². The lowest BCUT2D eigenvalue weighted by molar-refractivity contribution is -0.130. The number of carbonyl (C=O) groups excluding carboxylic acids is 1. The lowest BCUT2D eigenvalue weighted by atomic mass is 9.99. The van der Waals surface area contributed by atoms with Crippen LogP contribution in [0.4, 0.5) is 0 Å². The fourth-order valence-corrected chi connectivity index (χ4v) is 5.63. The van der Waals surface area contributed by atoms with E-state index in [-0.39, 0.29) is 0 Å². The van der Waals surface area contributed by atoms with Crippen molar-refractivity contribution < 1.29 is 4.79 Å². The summed E-state index contributed by atoms with van der Waals surface area (Å²) in [7, 11) is 0. The topological polar surface area (TPSA) is 20.3 Å². The first-order chi connectivity index (χ1) is 17.2. The van der Waals surface area contributed by atoms with Gasteiger partial charge >= 0.3 is 0 Å². The number of hydrogen-bond donors (Lipinski definition) is 0. The first kappa shape index (κ1) is 32.5. The van der Waals surface area contributed by atoms with Gasteiger partial charge in [-0.25, -0.2) is 0 Å². The van der Waals surface area contributed by atoms with Gasteiger partial charge in [0, 0.05) is 19.5 Å². The Morgan fingerprint density at radius 2 is 0.857 bits per heavy atom. The van der Waals surface area contributed by atoms with Crippen LogP contribution in [0.3, 0.4) is 0 Å². The van der Waals surface area contributed by atoms with Crippen LogP contribution in [0.25, 0.3) is 0 Å². The Morgan fingerprint density at radius 3 is 1.20 bits per heavy atom. The fourth-order valence-electron chi connectivity index (χ4n) is 5.63. The molecule has 1 aliphatic rings. The summed E-state index contributed by atoms with van der Waals surface area (Å²) in [6.45, 7) is 6.74. The average Bonchev–Trinajstić information content (AvgIpc) is 3.41. The van der Waals surface area contributed by atoms with E-state index in [0.717, 1.165) is 31.8 Å². The van der Waals surface area contributed by atoms with Gasteiger partial charge in [0.15, 0.2) is 0 Å². The van der Waals surface area contributed by atoms with Crippen molar-refractivity contribution in [1.82, 2.24) is 4.90 Å². The molecule has 0 aromatic carbocycles. The van der Waals surface area contributed by atoms with Gasteiger partial charge in [-0.15, -0.1) is 0 Å². The third-order valence-corrected chi connectivity index (χ3v) is 8.49. The van der Waals surface area contributed by atoms with Gasteiger partial charge in [0.2, 0.25) is 5.91 Å². The molecule has 0 bridgehead atoms. The maximum Gasteiger partial charge on any atom is 0.222 e. The molecule has 1 fully saturated rings. The smallest absolute Gasteiger partial charge is 0.222 e. The molecule has 1 aliphatic heterocycles. The second-order valence-corrected chi connectivity index (χ2v) is 11.9. The quantitative estimate of drug-likeness (QED) is 0.110. The van der Waals surface area contributed by atoms with Gasteiger partial charge in [-0.2, -0.15) is 0 Å². The van der Waals surface area contributed by atoms with E-state index in [4.69, 9.17) is 0 Å². The van der Waals surface area contributed by atoms with Crippen molar-refractivity contribution in [2.24, 2.45) is 5.92 Å². The number of amides is 1. The van der Waals surface area contributed by atoms with Crippen molar-refractivity contribution in [2.45, 2.75) is 187 Å². The molecule has 1 atom stereocenters. The molecule has 0 aliphatic carbocycles. The van der Waals surface area contributed by atoms with E-state index in [1.165, 1.54) is 161 Å². The van der Waals surface area contributed by atoms with Crippen LogP contribution in [0.5, 0.6) is 0 Å². The van der Waals surface area contributed by atoms with Gasteiger partial charge in [0.25, 0.3) is 0 Å². The largest absolute Gasteiger partial charge is 0.343 e. The highest BCUT2D eigenvalue weighted by molar-refractivity contribution is 5.76. The van der Waals surface area contributed by atoms with Gasteiger partial charge in [0.05, 0.1) is 0 Å². The second-order valence-electron chi connectivity index (χ2n) is 11.9. The van der Waals surface area contributed by atoms with E-state index in [1.54, 1.807) is 0 Å². The van der Waals surface area contributed by atoms with Crippen molar-refractivity contribution >= 4 is 5.91 Å². The van der Waals surface area contributed by atoms with Gasteiger partial charge in [-0.3, -0.25) is 4.79 Å². The normalized spacial score (nSPS) is 14.6. The molecule has 35 heavy (non-hydrogen) atoms. The van der Waals surface area contributed by atoms with Gasteiger partial charge < -0.3 is 4.90 Å². The zero-order valence-corrected chi connectivity index (χ0v) is 24.4. The average molecular weight is 492 g/mol. The predicted octanol–water partition coefficient (Wildman–Crippen LogP) is 11.0. The maximum absolute atomic E-state index is 12.0. The van der Waals surface area contributed by atoms with E-state index >= 15 is 0 Å². The zero-order valence-electron chi connectivity index (χ0n) is 24.4. The Labute approximate surface area is 221 Å². The highest BCUT2D eigenvalue weighted by atomic mass is 16.2. The van der Waals surface area contributed by atoms with Crippen molar-refractivity contribution in [3.05, 3.63) is 0 Å². The monoisotopic (exact) mass is 492 g/mol. The van der Waals surface area contributed by atoms with Gasteiger partial charge in [-0.1, -0.05) is 162 Å². The number of hydrogen-bond acceptors (Lipinski definition) is 1. The summed E-state index contributed by atoms with van der Waals surface area (Å²) in [6.07, 6.45) is 37.3. The minimum absolute atomic E-state index is 0.409. The number of nitrogens with zero attached hydrogens (tertiary/aromatic N) is 1. The summed E-state index contributed by atoms with van der Waals surface area (Å²) in [5, 5.41) is 0. The molecule has 0 radical (unpaired) electrons. The number of carbonyl (C=O) groups is 1. The van der Waals surface area contributed by atoms with Crippen LogP contribution in [0.1, 0.15) is 187 Å². The Bertz CT molecular complexity index is 442. The van der Waals surface area contributed by atoms with Crippen LogP contribution < -0.4 is 0 Å². The highest BCUT2D eigenvalue weighted by Gasteiger charge is 2.16. The van der Waals surface area contributed by atoms with Crippen LogP contribution in [0.2, 0.25) is 0 Å². The van der Waals surface area contributed by atoms with E-state index in [9.17, 15) is 4.79 Å². The molecule has 1 unspecified atom stereocenters. The lowest BCUT2D eigenvalue weighted by Crippen LogP contribution is -2.27. The first-order valence-electron chi connectivity index (χ1n) is 16.5. The minimum Gasteiger partial charge on any atom is -0.343 e. The third kappa shape index (κ3) is 21.3. The standard InChI is InChI=1S/C33H65NO/c1-3-32(2)28-24-22-20-18-16-14-12-10-8-6-4-5-7-9-11-13-15-17-19-21-23-25-29-33(35)34-30-26-27-31-34/h32H,3-31H2,1-2H3. The van der Waals surface area contributed by atoms with Crippen molar-refractivity contribution in [3.8, 4) is 0 Å². The van der Waals surface area contributed by atoms with Gasteiger partial charge in [-0.05, 0) is 25.2 Å². The molecule has 208 valence electrons. The SMILES string of the molecule is CCC(C)CCCCCCCCCCCCCCCCCCCCCCCCC(=O)N1CCCC1. The van der Waals surface area contributed by atoms with Crippen LogP contribution in [0.15, 0.2) is 0 Å². The van der Waals surface area contributed by atoms with Gasteiger partial charge in [0.1, 0.15) is 0 Å². The summed E-state index contributed by atoms with van der Waals surface area (Å²) in [5.74, 6) is 1.35. The van der Waals surface area contributed by atoms with E-state index in [2.05, 4.69) is 18.7 Å².